The summed E-state index contributed by atoms with van der Waals surface area (Å²) in [4.78, 5) is 0.0861. The SMILES string of the molecule is O=S(=O)(c1ccc(Cl)cc1)C(O)C1CCCC(c2ccccc2)N1. The van der Waals surface area contributed by atoms with Gasteiger partial charge in [0.05, 0.1) is 4.90 Å². The zero-order chi connectivity index (χ0) is 17.2. The van der Waals surface area contributed by atoms with Gasteiger partial charge in [-0.3, -0.25) is 0 Å². The number of halogens is 1. The van der Waals surface area contributed by atoms with Crippen LogP contribution in [0.3, 0.4) is 0 Å². The number of rotatable bonds is 4. The Balaban J connectivity index is 1.79. The summed E-state index contributed by atoms with van der Waals surface area (Å²) in [6, 6.07) is 15.3. The first-order chi connectivity index (χ1) is 11.5. The number of aliphatic hydroxyl groups excluding tert-OH is 1. The first-order valence-electron chi connectivity index (χ1n) is 7.97. The third kappa shape index (κ3) is 3.64. The third-order valence-electron chi connectivity index (χ3n) is 4.43. The van der Waals surface area contributed by atoms with Crippen molar-refractivity contribution in [3.8, 4) is 0 Å². The Kier molecular flexibility index (Phi) is 5.25. The van der Waals surface area contributed by atoms with Crippen molar-refractivity contribution in [3.63, 3.8) is 0 Å². The smallest absolute Gasteiger partial charge is 0.206 e. The molecule has 0 radical (unpaired) electrons. The molecular formula is C18H20ClNO3S. The second-order valence-electron chi connectivity index (χ2n) is 6.06. The fourth-order valence-corrected chi connectivity index (χ4v) is 4.69. The maximum atomic E-state index is 12.7. The van der Waals surface area contributed by atoms with Crippen LogP contribution in [0, 0.1) is 0 Å². The lowest BCUT2D eigenvalue weighted by atomic mass is 9.94. The Morgan fingerprint density at radius 3 is 2.38 bits per heavy atom. The van der Waals surface area contributed by atoms with Crippen molar-refractivity contribution >= 4 is 21.4 Å². The van der Waals surface area contributed by atoms with E-state index in [4.69, 9.17) is 11.6 Å². The van der Waals surface area contributed by atoms with Crippen LogP contribution in [0.5, 0.6) is 0 Å². The summed E-state index contributed by atoms with van der Waals surface area (Å²) in [7, 11) is -3.83. The first-order valence-corrected chi connectivity index (χ1v) is 9.89. The fraction of sp³-hybridized carbons (Fsp3) is 0.333. The zero-order valence-corrected chi connectivity index (χ0v) is 14.7. The van der Waals surface area contributed by atoms with Crippen LogP contribution in [0.15, 0.2) is 59.5 Å². The molecule has 1 saturated heterocycles. The largest absolute Gasteiger partial charge is 0.375 e. The summed E-state index contributed by atoms with van der Waals surface area (Å²) < 4.78 is 25.3. The molecule has 0 amide bonds. The highest BCUT2D eigenvalue weighted by Gasteiger charge is 2.36. The van der Waals surface area contributed by atoms with E-state index in [-0.39, 0.29) is 10.9 Å². The highest BCUT2D eigenvalue weighted by atomic mass is 35.5. The number of sulfone groups is 1. The van der Waals surface area contributed by atoms with E-state index in [1.54, 1.807) is 0 Å². The molecule has 2 aromatic rings. The molecule has 6 heteroatoms. The number of benzene rings is 2. The van der Waals surface area contributed by atoms with Crippen molar-refractivity contribution in [1.29, 1.82) is 0 Å². The lowest BCUT2D eigenvalue weighted by Crippen LogP contribution is -2.48. The summed E-state index contributed by atoms with van der Waals surface area (Å²) in [6.07, 6.45) is 2.41. The van der Waals surface area contributed by atoms with Gasteiger partial charge in [-0.15, -0.1) is 0 Å². The molecule has 0 aromatic heterocycles. The maximum Gasteiger partial charge on any atom is 0.206 e. The van der Waals surface area contributed by atoms with Gasteiger partial charge in [-0.2, -0.15) is 0 Å². The van der Waals surface area contributed by atoms with E-state index in [1.165, 1.54) is 24.3 Å². The number of nitrogens with one attached hydrogen (secondary N) is 1. The monoisotopic (exact) mass is 365 g/mol. The molecule has 2 N–H and O–H groups in total. The van der Waals surface area contributed by atoms with Crippen molar-refractivity contribution in [1.82, 2.24) is 5.32 Å². The van der Waals surface area contributed by atoms with Crippen molar-refractivity contribution in [2.24, 2.45) is 0 Å². The number of hydrogen-bond acceptors (Lipinski definition) is 4. The number of aliphatic hydroxyl groups is 1. The zero-order valence-electron chi connectivity index (χ0n) is 13.1. The van der Waals surface area contributed by atoms with Crippen molar-refractivity contribution in [2.75, 3.05) is 0 Å². The van der Waals surface area contributed by atoms with Crippen LogP contribution in [0.4, 0.5) is 0 Å². The minimum absolute atomic E-state index is 0.0556. The van der Waals surface area contributed by atoms with Gasteiger partial charge in [-0.1, -0.05) is 41.9 Å². The molecule has 24 heavy (non-hydrogen) atoms. The van der Waals surface area contributed by atoms with Crippen molar-refractivity contribution in [3.05, 3.63) is 65.2 Å². The lowest BCUT2D eigenvalue weighted by molar-refractivity contribution is 0.161. The van der Waals surface area contributed by atoms with Crippen molar-refractivity contribution in [2.45, 2.75) is 41.7 Å². The van der Waals surface area contributed by atoms with E-state index >= 15 is 0 Å². The molecular weight excluding hydrogens is 346 g/mol. The average Bonchev–Trinajstić information content (AvgIpc) is 2.62. The molecule has 4 nitrogen and oxygen atoms in total. The second-order valence-corrected chi connectivity index (χ2v) is 8.54. The Hall–Kier alpha value is -1.40. The van der Waals surface area contributed by atoms with Gasteiger partial charge in [0.1, 0.15) is 0 Å². The van der Waals surface area contributed by atoms with Crippen LogP contribution >= 0.6 is 11.6 Å². The molecule has 1 heterocycles. The topological polar surface area (TPSA) is 66.4 Å². The normalized spacial score (nSPS) is 22.9. The summed E-state index contributed by atoms with van der Waals surface area (Å²) >= 11 is 5.81. The van der Waals surface area contributed by atoms with Crippen LogP contribution in [0.1, 0.15) is 30.9 Å². The minimum Gasteiger partial charge on any atom is -0.375 e. The molecule has 1 fully saturated rings. The van der Waals surface area contributed by atoms with E-state index in [2.05, 4.69) is 5.32 Å². The second kappa shape index (κ2) is 7.23. The van der Waals surface area contributed by atoms with Gasteiger partial charge in [0.15, 0.2) is 5.44 Å². The quantitative estimate of drug-likeness (QED) is 0.872. The predicted octanol–water partition coefficient (Wildman–Crippen LogP) is 3.32. The number of piperidine rings is 1. The predicted molar refractivity (Wildman–Crippen MR) is 94.6 cm³/mol. The van der Waals surface area contributed by atoms with Gasteiger partial charge in [0, 0.05) is 17.1 Å². The van der Waals surface area contributed by atoms with Gasteiger partial charge in [0.2, 0.25) is 9.84 Å². The molecule has 0 aliphatic carbocycles. The molecule has 0 saturated carbocycles. The molecule has 3 atom stereocenters. The van der Waals surface area contributed by atoms with E-state index < -0.39 is 21.3 Å². The molecule has 1 aliphatic heterocycles. The van der Waals surface area contributed by atoms with Crippen LogP contribution in [-0.2, 0) is 9.84 Å². The highest BCUT2D eigenvalue weighted by Crippen LogP contribution is 2.29. The lowest BCUT2D eigenvalue weighted by Gasteiger charge is -2.34. The van der Waals surface area contributed by atoms with Crippen LogP contribution in [-0.4, -0.2) is 25.0 Å². The van der Waals surface area contributed by atoms with Gasteiger partial charge in [-0.05, 0) is 49.1 Å². The van der Waals surface area contributed by atoms with Crippen LogP contribution in [0.2, 0.25) is 5.02 Å². The van der Waals surface area contributed by atoms with Gasteiger partial charge < -0.3 is 10.4 Å². The summed E-state index contributed by atoms with van der Waals surface area (Å²) in [5.41, 5.74) is -0.372. The van der Waals surface area contributed by atoms with Crippen LogP contribution < -0.4 is 5.32 Å². The average molecular weight is 366 g/mol. The fourth-order valence-electron chi connectivity index (χ4n) is 3.12. The Bertz CT molecular complexity index is 778. The Morgan fingerprint density at radius 1 is 1.04 bits per heavy atom. The third-order valence-corrected chi connectivity index (χ3v) is 6.58. The minimum atomic E-state index is -3.83. The summed E-state index contributed by atoms with van der Waals surface area (Å²) in [6.45, 7) is 0. The molecule has 2 aromatic carbocycles. The molecule has 0 spiro atoms. The molecule has 3 rings (SSSR count). The van der Waals surface area contributed by atoms with E-state index in [0.717, 1.165) is 18.4 Å². The summed E-state index contributed by atoms with van der Waals surface area (Å²) in [5, 5.41) is 14.3. The van der Waals surface area contributed by atoms with Crippen molar-refractivity contribution < 1.29 is 13.5 Å². The standard InChI is InChI=1S/C18H20ClNO3S/c19-14-9-11-15(12-10-14)24(22,23)18(21)17-8-4-7-16(20-17)13-5-2-1-3-6-13/h1-3,5-6,9-12,16-18,20-21H,4,7-8H2. The van der Waals surface area contributed by atoms with Gasteiger partial charge in [0.25, 0.3) is 0 Å². The maximum absolute atomic E-state index is 12.7. The van der Waals surface area contributed by atoms with E-state index in [1.807, 2.05) is 30.3 Å². The first kappa shape index (κ1) is 17.4. The molecule has 0 bridgehead atoms. The molecule has 1 aliphatic rings. The Labute approximate surface area is 147 Å². The van der Waals surface area contributed by atoms with E-state index in [0.29, 0.717) is 11.4 Å². The van der Waals surface area contributed by atoms with Gasteiger partial charge >= 0.3 is 0 Å². The van der Waals surface area contributed by atoms with Crippen LogP contribution in [0.25, 0.3) is 0 Å². The Morgan fingerprint density at radius 2 is 1.71 bits per heavy atom. The highest BCUT2D eigenvalue weighted by molar-refractivity contribution is 7.92. The summed E-state index contributed by atoms with van der Waals surface area (Å²) in [5.74, 6) is 0. The van der Waals surface area contributed by atoms with E-state index in [9.17, 15) is 13.5 Å². The number of hydrogen-bond donors (Lipinski definition) is 2. The molecule has 128 valence electrons. The molecule has 3 unspecified atom stereocenters. The van der Waals surface area contributed by atoms with Gasteiger partial charge in [-0.25, -0.2) is 8.42 Å².